The Morgan fingerprint density at radius 2 is 1.80 bits per heavy atom. The average Bonchev–Trinajstić information content (AvgIpc) is 3.44. The third-order valence-electron chi connectivity index (χ3n) is 12.8. The number of urea groups is 1. The number of cyclic esters (lactones) is 1. The first-order valence-corrected chi connectivity index (χ1v) is 15.8. The van der Waals surface area contributed by atoms with Gasteiger partial charge in [-0.05, 0) is 80.7 Å². The molecule has 1 N–H and O–H groups in total. The van der Waals surface area contributed by atoms with Crippen LogP contribution in [0.3, 0.4) is 0 Å². The van der Waals surface area contributed by atoms with Gasteiger partial charge in [-0.15, -0.1) is 0 Å². The molecule has 0 unspecified atom stereocenters. The second kappa shape index (κ2) is 10.2. The number of fused-ring (bicyclic) bond motifs is 5. The Hall–Kier alpha value is -2.13. The predicted molar refractivity (Wildman–Crippen MR) is 153 cm³/mol. The quantitative estimate of drug-likeness (QED) is 0.518. The Bertz CT molecular complexity index is 1120. The van der Waals surface area contributed by atoms with Crippen molar-refractivity contribution in [3.05, 3.63) is 11.6 Å². The van der Waals surface area contributed by atoms with Crippen molar-refractivity contribution in [2.75, 3.05) is 46.9 Å². The van der Waals surface area contributed by atoms with Crippen molar-refractivity contribution < 1.29 is 29.0 Å². The maximum absolute atomic E-state index is 13.4. The van der Waals surface area contributed by atoms with Crippen molar-refractivity contribution in [2.24, 2.45) is 34.5 Å². The summed E-state index contributed by atoms with van der Waals surface area (Å²) in [6, 6.07) is 0.421. The topological polar surface area (TPSA) is 99.6 Å². The van der Waals surface area contributed by atoms with Gasteiger partial charge in [0.05, 0.1) is 5.60 Å². The number of aliphatic hydroxyl groups is 1. The van der Waals surface area contributed by atoms with Gasteiger partial charge >= 0.3 is 18.0 Å². The summed E-state index contributed by atoms with van der Waals surface area (Å²) in [5.41, 5.74) is -0.517. The Kier molecular flexibility index (Phi) is 7.24. The van der Waals surface area contributed by atoms with Crippen LogP contribution in [0.1, 0.15) is 72.1 Å². The van der Waals surface area contributed by atoms with Gasteiger partial charge in [0.15, 0.2) is 0 Å². The lowest BCUT2D eigenvalue weighted by Gasteiger charge is -2.64. The highest BCUT2D eigenvalue weighted by Gasteiger charge is 2.71. The Labute approximate surface area is 244 Å². The number of ether oxygens (including phenoxy) is 2. The summed E-state index contributed by atoms with van der Waals surface area (Å²) in [6.07, 6.45) is 8.40. The van der Waals surface area contributed by atoms with E-state index < -0.39 is 17.1 Å². The van der Waals surface area contributed by atoms with Crippen LogP contribution in [0.25, 0.3) is 0 Å². The molecular weight excluding hydrogens is 522 g/mol. The van der Waals surface area contributed by atoms with E-state index in [1.165, 1.54) is 6.92 Å². The normalized spacial score (nSPS) is 44.3. The molecule has 6 rings (SSSR count). The van der Waals surface area contributed by atoms with Gasteiger partial charge in [-0.1, -0.05) is 13.8 Å². The molecule has 2 amide bonds. The maximum Gasteiger partial charge on any atom is 0.331 e. The lowest BCUT2D eigenvalue weighted by Crippen LogP contribution is -2.63. The van der Waals surface area contributed by atoms with E-state index in [2.05, 4.69) is 25.8 Å². The van der Waals surface area contributed by atoms with Crippen LogP contribution in [0.4, 0.5) is 4.79 Å². The van der Waals surface area contributed by atoms with Gasteiger partial charge in [0.2, 0.25) is 0 Å². The zero-order valence-electron chi connectivity index (χ0n) is 25.6. The maximum atomic E-state index is 13.4. The molecule has 0 aromatic carbocycles. The summed E-state index contributed by atoms with van der Waals surface area (Å²) in [4.78, 5) is 43.9. The molecule has 9 atom stereocenters. The fourth-order valence-electron chi connectivity index (χ4n) is 10.5. The van der Waals surface area contributed by atoms with E-state index >= 15 is 0 Å². The van der Waals surface area contributed by atoms with Crippen molar-refractivity contribution in [1.82, 2.24) is 14.7 Å². The van der Waals surface area contributed by atoms with Crippen molar-refractivity contribution in [3.8, 4) is 0 Å². The van der Waals surface area contributed by atoms with Crippen molar-refractivity contribution in [3.63, 3.8) is 0 Å². The van der Waals surface area contributed by atoms with E-state index in [9.17, 15) is 19.5 Å². The Morgan fingerprint density at radius 3 is 2.46 bits per heavy atom. The number of piperazine rings is 1. The molecule has 6 aliphatic rings. The molecule has 4 saturated carbocycles. The van der Waals surface area contributed by atoms with Crippen LogP contribution in [0.5, 0.6) is 0 Å². The minimum atomic E-state index is -0.980. The summed E-state index contributed by atoms with van der Waals surface area (Å²) >= 11 is 0. The smallest absolute Gasteiger partial charge is 0.331 e. The largest absolute Gasteiger partial charge is 0.462 e. The molecule has 0 aromatic rings. The Morgan fingerprint density at radius 1 is 1.07 bits per heavy atom. The summed E-state index contributed by atoms with van der Waals surface area (Å²) < 4.78 is 11.2. The lowest BCUT2D eigenvalue weighted by atomic mass is 9.43. The highest BCUT2D eigenvalue weighted by Crippen LogP contribution is 2.70. The van der Waals surface area contributed by atoms with E-state index in [4.69, 9.17) is 9.47 Å². The van der Waals surface area contributed by atoms with E-state index in [-0.39, 0.29) is 47.9 Å². The summed E-state index contributed by atoms with van der Waals surface area (Å²) in [5, 5.41) is 12.7. The standard InChI is InChI=1S/C32H49N3O6/c1-20(36)41-26-18-32(39)25-7-6-22-17-23(34(5)29(38)35-14-12-33(4)13-15-35)8-10-30(22,2)24(25)9-11-31(32,3)28(26)21-16-27(37)40-19-21/h16,22-26,28,39H,6-15,17-19H2,1-5H3/t22-,23+,24+,25-,26+,28+,30+,31-,32+/m1/s1. The molecule has 9 heteroatoms. The summed E-state index contributed by atoms with van der Waals surface area (Å²) in [6.45, 7) is 9.68. The minimum absolute atomic E-state index is 0.106. The molecule has 0 radical (unpaired) electrons. The zero-order valence-corrected chi connectivity index (χ0v) is 25.6. The molecule has 228 valence electrons. The minimum Gasteiger partial charge on any atom is -0.462 e. The molecule has 0 bridgehead atoms. The van der Waals surface area contributed by atoms with E-state index in [0.717, 1.165) is 76.7 Å². The number of esters is 2. The molecule has 9 nitrogen and oxygen atoms in total. The number of rotatable bonds is 3. The first-order valence-electron chi connectivity index (χ1n) is 15.8. The number of likely N-dealkylation sites (N-methyl/N-ethyl adjacent to an activating group) is 1. The number of carbonyl (C=O) groups is 3. The zero-order chi connectivity index (χ0) is 29.3. The molecule has 5 fully saturated rings. The number of hydrogen-bond acceptors (Lipinski definition) is 7. The average molecular weight is 572 g/mol. The molecule has 41 heavy (non-hydrogen) atoms. The fourth-order valence-corrected chi connectivity index (χ4v) is 10.5. The van der Waals surface area contributed by atoms with Crippen LogP contribution in [-0.4, -0.2) is 102 Å². The highest BCUT2D eigenvalue weighted by atomic mass is 16.5. The second-order valence-corrected chi connectivity index (χ2v) is 14.6. The van der Waals surface area contributed by atoms with E-state index in [0.29, 0.717) is 18.3 Å². The lowest BCUT2D eigenvalue weighted by molar-refractivity contribution is -0.206. The third kappa shape index (κ3) is 4.52. The molecule has 4 aliphatic carbocycles. The Balaban J connectivity index is 1.21. The van der Waals surface area contributed by atoms with Gasteiger partial charge in [0.1, 0.15) is 12.7 Å². The fraction of sp³-hybridized carbons (Fsp3) is 0.844. The van der Waals surface area contributed by atoms with Crippen LogP contribution >= 0.6 is 0 Å². The van der Waals surface area contributed by atoms with Gasteiger partial charge in [0.25, 0.3) is 0 Å². The predicted octanol–water partition coefficient (Wildman–Crippen LogP) is 3.45. The second-order valence-electron chi connectivity index (χ2n) is 14.6. The number of hydrogen-bond donors (Lipinski definition) is 1. The van der Waals surface area contributed by atoms with E-state index in [1.54, 1.807) is 6.08 Å². The summed E-state index contributed by atoms with van der Waals surface area (Å²) in [7, 11) is 4.10. The SMILES string of the molecule is CC(=O)O[C@H]1C[C@]2(O)[C@@H]3CC[C@@H]4C[C@@H](N(C)C(=O)N5CCN(C)CC5)CC[C@]4(C)[C@H]3CC[C@]2(C)[C@H]1C1=CC(=O)OC1. The summed E-state index contributed by atoms with van der Waals surface area (Å²) in [5.74, 6) is 0.0895. The number of amides is 2. The first kappa shape index (κ1) is 29.0. The highest BCUT2D eigenvalue weighted by molar-refractivity contribution is 5.85. The molecule has 2 heterocycles. The molecule has 0 spiro atoms. The van der Waals surface area contributed by atoms with Crippen molar-refractivity contribution >= 4 is 18.0 Å². The van der Waals surface area contributed by atoms with E-state index in [1.807, 2.05) is 16.8 Å². The van der Waals surface area contributed by atoms with Gasteiger partial charge in [-0.25, -0.2) is 9.59 Å². The molecular formula is C32H49N3O6. The first-order chi connectivity index (χ1) is 19.4. The van der Waals surface area contributed by atoms with Crippen LogP contribution in [0, 0.1) is 34.5 Å². The van der Waals surface area contributed by atoms with Gasteiger partial charge < -0.3 is 29.3 Å². The van der Waals surface area contributed by atoms with Crippen LogP contribution < -0.4 is 0 Å². The van der Waals surface area contributed by atoms with Crippen molar-refractivity contribution in [2.45, 2.75) is 89.9 Å². The van der Waals surface area contributed by atoms with Crippen LogP contribution in [0.2, 0.25) is 0 Å². The van der Waals surface area contributed by atoms with Crippen LogP contribution in [-0.2, 0) is 19.1 Å². The molecule has 0 aromatic heterocycles. The molecule has 2 aliphatic heterocycles. The van der Waals surface area contributed by atoms with Crippen molar-refractivity contribution in [1.29, 1.82) is 0 Å². The van der Waals surface area contributed by atoms with Gasteiger partial charge in [-0.2, -0.15) is 0 Å². The third-order valence-corrected chi connectivity index (χ3v) is 12.8. The van der Waals surface area contributed by atoms with Gasteiger partial charge in [-0.3, -0.25) is 4.79 Å². The molecule has 1 saturated heterocycles. The van der Waals surface area contributed by atoms with Gasteiger partial charge in [0, 0.05) is 70.0 Å². The van der Waals surface area contributed by atoms with Crippen LogP contribution in [0.15, 0.2) is 11.6 Å². The monoisotopic (exact) mass is 571 g/mol. The number of carbonyl (C=O) groups excluding carboxylic acids is 3. The number of nitrogens with zero attached hydrogens (tertiary/aromatic N) is 3.